The summed E-state index contributed by atoms with van der Waals surface area (Å²) in [5, 5.41) is 0.633. The predicted octanol–water partition coefficient (Wildman–Crippen LogP) is 4.63. The SMILES string of the molecule is O=C(Cc1ccccc1Cl)c1ccc(OCCN2CCCCC2)cc1. The summed E-state index contributed by atoms with van der Waals surface area (Å²) in [6.45, 7) is 4.01. The minimum absolute atomic E-state index is 0.0629. The van der Waals surface area contributed by atoms with Crippen LogP contribution in [0.3, 0.4) is 0 Å². The highest BCUT2D eigenvalue weighted by molar-refractivity contribution is 6.31. The molecular weight excluding hydrogens is 334 g/mol. The fourth-order valence-electron chi connectivity index (χ4n) is 3.13. The van der Waals surface area contributed by atoms with Gasteiger partial charge < -0.3 is 4.74 Å². The van der Waals surface area contributed by atoms with Crippen molar-refractivity contribution < 1.29 is 9.53 Å². The Morgan fingerprint density at radius 1 is 1.00 bits per heavy atom. The van der Waals surface area contributed by atoms with Crippen molar-refractivity contribution in [1.29, 1.82) is 0 Å². The number of carbonyl (C=O) groups is 1. The molecule has 0 unspecified atom stereocenters. The monoisotopic (exact) mass is 357 g/mol. The molecule has 0 saturated carbocycles. The lowest BCUT2D eigenvalue weighted by Crippen LogP contribution is -2.33. The van der Waals surface area contributed by atoms with E-state index in [2.05, 4.69) is 4.90 Å². The highest BCUT2D eigenvalue weighted by Gasteiger charge is 2.11. The molecule has 3 nitrogen and oxygen atoms in total. The number of halogens is 1. The number of likely N-dealkylation sites (tertiary alicyclic amines) is 1. The molecule has 1 fully saturated rings. The molecular formula is C21H24ClNO2. The standard InChI is InChI=1S/C21H24ClNO2/c22-20-7-3-2-6-18(20)16-21(24)17-8-10-19(11-9-17)25-15-14-23-12-4-1-5-13-23/h2-3,6-11H,1,4-5,12-16H2. The maximum Gasteiger partial charge on any atom is 0.167 e. The van der Waals surface area contributed by atoms with Crippen molar-refractivity contribution >= 4 is 17.4 Å². The largest absolute Gasteiger partial charge is 0.492 e. The van der Waals surface area contributed by atoms with Crippen LogP contribution in [0.5, 0.6) is 5.75 Å². The van der Waals surface area contributed by atoms with Crippen LogP contribution in [0.15, 0.2) is 48.5 Å². The van der Waals surface area contributed by atoms with E-state index in [1.54, 1.807) is 0 Å². The Balaban J connectivity index is 1.49. The average molecular weight is 358 g/mol. The molecule has 1 aliphatic rings. The van der Waals surface area contributed by atoms with Crippen LogP contribution >= 0.6 is 11.6 Å². The first kappa shape index (κ1) is 18.0. The Morgan fingerprint density at radius 2 is 1.72 bits per heavy atom. The van der Waals surface area contributed by atoms with Gasteiger partial charge in [-0.15, -0.1) is 0 Å². The number of nitrogens with zero attached hydrogens (tertiary/aromatic N) is 1. The Bertz CT molecular complexity index is 693. The van der Waals surface area contributed by atoms with Crippen LogP contribution in [0, 0.1) is 0 Å². The first-order valence-corrected chi connectivity index (χ1v) is 9.32. The first-order valence-electron chi connectivity index (χ1n) is 8.94. The number of piperidine rings is 1. The van der Waals surface area contributed by atoms with Gasteiger partial charge in [0.15, 0.2) is 5.78 Å². The lowest BCUT2D eigenvalue weighted by Gasteiger charge is -2.26. The fourth-order valence-corrected chi connectivity index (χ4v) is 3.33. The summed E-state index contributed by atoms with van der Waals surface area (Å²) in [6.07, 6.45) is 4.25. The molecule has 1 heterocycles. The molecule has 132 valence electrons. The average Bonchev–Trinajstić information content (AvgIpc) is 2.65. The summed E-state index contributed by atoms with van der Waals surface area (Å²) in [7, 11) is 0. The van der Waals surface area contributed by atoms with E-state index in [0.29, 0.717) is 23.6 Å². The molecule has 0 N–H and O–H groups in total. The summed E-state index contributed by atoms with van der Waals surface area (Å²) in [5.74, 6) is 0.874. The maximum atomic E-state index is 12.4. The zero-order valence-electron chi connectivity index (χ0n) is 14.4. The molecule has 2 aromatic rings. The van der Waals surface area contributed by atoms with E-state index in [4.69, 9.17) is 16.3 Å². The summed E-state index contributed by atoms with van der Waals surface area (Å²) < 4.78 is 5.81. The van der Waals surface area contributed by atoms with Crippen molar-refractivity contribution in [3.8, 4) is 5.75 Å². The Kier molecular flexibility index (Phi) is 6.48. The minimum atomic E-state index is 0.0629. The van der Waals surface area contributed by atoms with Gasteiger partial charge in [0, 0.05) is 23.6 Å². The molecule has 25 heavy (non-hydrogen) atoms. The first-order chi connectivity index (χ1) is 12.2. The minimum Gasteiger partial charge on any atom is -0.492 e. The van der Waals surface area contributed by atoms with Gasteiger partial charge in [0.2, 0.25) is 0 Å². The van der Waals surface area contributed by atoms with Crippen LogP contribution in [-0.2, 0) is 6.42 Å². The number of hydrogen-bond acceptors (Lipinski definition) is 3. The van der Waals surface area contributed by atoms with Gasteiger partial charge in [-0.05, 0) is 61.8 Å². The van der Waals surface area contributed by atoms with Crippen LogP contribution in [0.1, 0.15) is 35.2 Å². The van der Waals surface area contributed by atoms with Crippen LogP contribution in [0.4, 0.5) is 0 Å². The van der Waals surface area contributed by atoms with Crippen LogP contribution in [-0.4, -0.2) is 36.9 Å². The van der Waals surface area contributed by atoms with Crippen molar-refractivity contribution in [3.63, 3.8) is 0 Å². The fraction of sp³-hybridized carbons (Fsp3) is 0.381. The van der Waals surface area contributed by atoms with E-state index < -0.39 is 0 Å². The van der Waals surface area contributed by atoms with Gasteiger partial charge in [0.05, 0.1) is 0 Å². The van der Waals surface area contributed by atoms with Crippen LogP contribution < -0.4 is 4.74 Å². The quantitative estimate of drug-likeness (QED) is 0.676. The second kappa shape index (κ2) is 9.02. The molecule has 0 aliphatic carbocycles. The third kappa shape index (κ3) is 5.32. The molecule has 0 aromatic heterocycles. The normalized spacial score (nSPS) is 15.1. The second-order valence-corrected chi connectivity index (χ2v) is 6.87. The van der Waals surface area contributed by atoms with Crippen molar-refractivity contribution in [3.05, 3.63) is 64.7 Å². The summed E-state index contributed by atoms with van der Waals surface area (Å²) >= 11 is 6.13. The van der Waals surface area contributed by atoms with Gasteiger partial charge in [0.1, 0.15) is 12.4 Å². The number of carbonyl (C=O) groups excluding carboxylic acids is 1. The Morgan fingerprint density at radius 3 is 2.44 bits per heavy atom. The smallest absolute Gasteiger partial charge is 0.167 e. The van der Waals surface area contributed by atoms with E-state index in [-0.39, 0.29) is 5.78 Å². The molecule has 1 aliphatic heterocycles. The van der Waals surface area contributed by atoms with E-state index >= 15 is 0 Å². The van der Waals surface area contributed by atoms with Gasteiger partial charge in [-0.2, -0.15) is 0 Å². The Hall–Kier alpha value is -1.84. The third-order valence-corrected chi connectivity index (χ3v) is 4.98. The molecule has 2 aromatic carbocycles. The van der Waals surface area contributed by atoms with E-state index in [1.165, 1.54) is 32.4 Å². The van der Waals surface area contributed by atoms with Gasteiger partial charge in [-0.1, -0.05) is 36.2 Å². The van der Waals surface area contributed by atoms with Gasteiger partial charge >= 0.3 is 0 Å². The van der Waals surface area contributed by atoms with Crippen molar-refractivity contribution in [2.75, 3.05) is 26.2 Å². The number of benzene rings is 2. The zero-order valence-corrected chi connectivity index (χ0v) is 15.2. The molecule has 4 heteroatoms. The predicted molar refractivity (Wildman–Crippen MR) is 102 cm³/mol. The number of ketones is 1. The Labute approximate surface area is 154 Å². The second-order valence-electron chi connectivity index (χ2n) is 6.47. The van der Waals surface area contributed by atoms with Gasteiger partial charge in [-0.25, -0.2) is 0 Å². The molecule has 0 radical (unpaired) electrons. The number of Topliss-reactive ketones (excluding diaryl/α,β-unsaturated/α-hetero) is 1. The van der Waals surface area contributed by atoms with Gasteiger partial charge in [-0.3, -0.25) is 9.69 Å². The topological polar surface area (TPSA) is 29.5 Å². The number of rotatable bonds is 7. The summed E-state index contributed by atoms with van der Waals surface area (Å²) in [4.78, 5) is 14.8. The van der Waals surface area contributed by atoms with Gasteiger partial charge in [0.25, 0.3) is 0 Å². The molecule has 0 amide bonds. The lowest BCUT2D eigenvalue weighted by atomic mass is 10.0. The van der Waals surface area contributed by atoms with E-state index in [9.17, 15) is 4.79 Å². The summed E-state index contributed by atoms with van der Waals surface area (Å²) in [6, 6.07) is 14.9. The third-order valence-electron chi connectivity index (χ3n) is 4.61. The molecule has 0 spiro atoms. The summed E-state index contributed by atoms with van der Waals surface area (Å²) in [5.41, 5.74) is 1.54. The van der Waals surface area contributed by atoms with Crippen LogP contribution in [0.25, 0.3) is 0 Å². The zero-order chi connectivity index (χ0) is 17.5. The van der Waals surface area contributed by atoms with Crippen molar-refractivity contribution in [2.45, 2.75) is 25.7 Å². The van der Waals surface area contributed by atoms with E-state index in [0.717, 1.165) is 17.9 Å². The van der Waals surface area contributed by atoms with E-state index in [1.807, 2.05) is 48.5 Å². The molecule has 3 rings (SSSR count). The van der Waals surface area contributed by atoms with Crippen LogP contribution in [0.2, 0.25) is 5.02 Å². The number of ether oxygens (including phenoxy) is 1. The van der Waals surface area contributed by atoms with Crippen molar-refractivity contribution in [1.82, 2.24) is 4.90 Å². The van der Waals surface area contributed by atoms with Crippen molar-refractivity contribution in [2.24, 2.45) is 0 Å². The maximum absolute atomic E-state index is 12.4. The number of hydrogen-bond donors (Lipinski definition) is 0. The lowest BCUT2D eigenvalue weighted by molar-refractivity contribution is 0.0993. The molecule has 0 bridgehead atoms. The highest BCUT2D eigenvalue weighted by atomic mass is 35.5. The highest BCUT2D eigenvalue weighted by Crippen LogP contribution is 2.19. The molecule has 0 atom stereocenters. The molecule has 1 saturated heterocycles.